The van der Waals surface area contributed by atoms with E-state index < -0.39 is 5.41 Å². The fourth-order valence-corrected chi connectivity index (χ4v) is 4.49. The third kappa shape index (κ3) is 1.46. The summed E-state index contributed by atoms with van der Waals surface area (Å²) in [6.07, 6.45) is 2.23. The second-order valence-electron chi connectivity index (χ2n) is 6.91. The van der Waals surface area contributed by atoms with Crippen LogP contribution < -0.4 is 4.74 Å². The molecule has 0 aromatic heterocycles. The van der Waals surface area contributed by atoms with Gasteiger partial charge in [0.1, 0.15) is 5.75 Å². The molecule has 2 aliphatic rings. The first kappa shape index (κ1) is 14.3. The summed E-state index contributed by atoms with van der Waals surface area (Å²) in [6, 6.07) is 14.2. The minimum Gasteiger partial charge on any atom is -0.497 e. The van der Waals surface area contributed by atoms with Crippen molar-refractivity contribution in [3.63, 3.8) is 0 Å². The number of ether oxygens (including phenoxy) is 1. The quantitative estimate of drug-likeness (QED) is 0.774. The van der Waals surface area contributed by atoms with Gasteiger partial charge in [0.05, 0.1) is 12.5 Å². The zero-order valence-electron chi connectivity index (χ0n) is 13.9. The van der Waals surface area contributed by atoms with Gasteiger partial charge in [0.25, 0.3) is 0 Å². The van der Waals surface area contributed by atoms with E-state index >= 15 is 0 Å². The Kier molecular flexibility index (Phi) is 2.69. The summed E-state index contributed by atoms with van der Waals surface area (Å²) in [4.78, 5) is 13.5. The Morgan fingerprint density at radius 3 is 2.43 bits per heavy atom. The van der Waals surface area contributed by atoms with E-state index in [4.69, 9.17) is 4.74 Å². The second kappa shape index (κ2) is 4.35. The Bertz CT molecular complexity index is 877. The number of benzene rings is 2. The maximum absolute atomic E-state index is 13.5. The topological polar surface area (TPSA) is 26.3 Å². The first-order chi connectivity index (χ1) is 10.9. The number of ketones is 1. The van der Waals surface area contributed by atoms with Gasteiger partial charge in [0.15, 0.2) is 5.78 Å². The van der Waals surface area contributed by atoms with Gasteiger partial charge in [-0.05, 0) is 42.7 Å². The number of fused-ring (bicyclic) bond motifs is 5. The lowest BCUT2D eigenvalue weighted by atomic mass is 9.55. The van der Waals surface area contributed by atoms with Crippen LogP contribution in [0.1, 0.15) is 47.8 Å². The molecule has 0 N–H and O–H groups in total. The van der Waals surface area contributed by atoms with Crippen molar-refractivity contribution in [2.24, 2.45) is 0 Å². The smallest absolute Gasteiger partial charge is 0.174 e. The number of rotatable bonds is 1. The summed E-state index contributed by atoms with van der Waals surface area (Å²) in [5.74, 6) is 0.923. The SMILES string of the molecule is COc1ccc2c(c1)C(=O)[C@@]1(C)c3ccccc3C=C(C)[C@@]21C. The van der Waals surface area contributed by atoms with Crippen LogP contribution >= 0.6 is 0 Å². The molecule has 0 spiro atoms. The minimum absolute atomic E-state index is 0.189. The number of hydrogen-bond acceptors (Lipinski definition) is 2. The molecule has 0 fully saturated rings. The second-order valence-corrected chi connectivity index (χ2v) is 6.91. The summed E-state index contributed by atoms with van der Waals surface area (Å²) in [5, 5.41) is 0. The van der Waals surface area contributed by atoms with Gasteiger partial charge in [-0.15, -0.1) is 0 Å². The Morgan fingerprint density at radius 2 is 1.70 bits per heavy atom. The zero-order chi connectivity index (χ0) is 16.4. The molecule has 0 saturated carbocycles. The lowest BCUT2D eigenvalue weighted by molar-refractivity contribution is 0.0871. The highest BCUT2D eigenvalue weighted by atomic mass is 16.5. The normalized spacial score (nSPS) is 27.8. The molecule has 2 nitrogen and oxygen atoms in total. The molecule has 0 saturated heterocycles. The van der Waals surface area contributed by atoms with Gasteiger partial charge in [-0.25, -0.2) is 0 Å². The standard InChI is InChI=1S/C21H20O2/c1-13-11-14-7-5-6-8-17(14)21(3)19(22)16-12-15(23-4)9-10-18(16)20(13,21)2/h5-12H,1-4H3/t20-,21+/m0/s1. The van der Waals surface area contributed by atoms with Crippen molar-refractivity contribution < 1.29 is 9.53 Å². The minimum atomic E-state index is -0.572. The molecule has 2 atom stereocenters. The van der Waals surface area contributed by atoms with Crippen LogP contribution in [0.5, 0.6) is 5.75 Å². The van der Waals surface area contributed by atoms with Crippen molar-refractivity contribution in [1.82, 2.24) is 0 Å². The van der Waals surface area contributed by atoms with E-state index in [0.717, 1.165) is 28.0 Å². The summed E-state index contributed by atoms with van der Waals surface area (Å²) < 4.78 is 5.34. The van der Waals surface area contributed by atoms with E-state index in [1.54, 1.807) is 7.11 Å². The van der Waals surface area contributed by atoms with E-state index in [-0.39, 0.29) is 11.2 Å². The summed E-state index contributed by atoms with van der Waals surface area (Å²) >= 11 is 0. The van der Waals surface area contributed by atoms with Crippen LogP contribution in [0, 0.1) is 0 Å². The molecule has 2 heteroatoms. The Balaban J connectivity index is 2.09. The fourth-order valence-electron chi connectivity index (χ4n) is 4.49. The first-order valence-electron chi connectivity index (χ1n) is 7.96. The van der Waals surface area contributed by atoms with E-state index in [2.05, 4.69) is 45.0 Å². The highest BCUT2D eigenvalue weighted by Crippen LogP contribution is 2.59. The molecular weight excluding hydrogens is 284 g/mol. The largest absolute Gasteiger partial charge is 0.497 e. The molecule has 0 amide bonds. The number of Topliss-reactive ketones (excluding diaryl/α,β-unsaturated/α-hetero) is 1. The van der Waals surface area contributed by atoms with Crippen LogP contribution in [-0.2, 0) is 10.8 Å². The Hall–Kier alpha value is -2.35. The molecule has 0 aliphatic heterocycles. The Morgan fingerprint density at radius 1 is 0.957 bits per heavy atom. The molecule has 0 bridgehead atoms. The van der Waals surface area contributed by atoms with Gasteiger partial charge in [-0.2, -0.15) is 0 Å². The van der Waals surface area contributed by atoms with E-state index in [1.807, 2.05) is 24.3 Å². The highest BCUT2D eigenvalue weighted by Gasteiger charge is 2.61. The van der Waals surface area contributed by atoms with Crippen LogP contribution in [0.15, 0.2) is 48.0 Å². The van der Waals surface area contributed by atoms with Crippen molar-refractivity contribution in [2.75, 3.05) is 7.11 Å². The van der Waals surface area contributed by atoms with Gasteiger partial charge < -0.3 is 4.74 Å². The van der Waals surface area contributed by atoms with Crippen LogP contribution in [0.2, 0.25) is 0 Å². The van der Waals surface area contributed by atoms with Gasteiger partial charge in [0.2, 0.25) is 0 Å². The lowest BCUT2D eigenvalue weighted by Crippen LogP contribution is -2.48. The molecule has 0 heterocycles. The summed E-state index contributed by atoms with van der Waals surface area (Å²) in [5.41, 5.74) is 4.51. The maximum atomic E-state index is 13.5. The van der Waals surface area contributed by atoms with Crippen LogP contribution in [-0.4, -0.2) is 12.9 Å². The molecule has 2 aromatic carbocycles. The molecule has 116 valence electrons. The third-order valence-corrected chi connectivity index (χ3v) is 6.12. The maximum Gasteiger partial charge on any atom is 0.174 e. The molecular formula is C21H20O2. The predicted octanol–water partition coefficient (Wildman–Crippen LogP) is 4.52. The molecule has 2 aliphatic carbocycles. The number of methoxy groups -OCH3 is 1. The monoisotopic (exact) mass is 304 g/mol. The van der Waals surface area contributed by atoms with Crippen molar-refractivity contribution in [1.29, 1.82) is 0 Å². The van der Waals surface area contributed by atoms with Gasteiger partial charge >= 0.3 is 0 Å². The predicted molar refractivity (Wildman–Crippen MR) is 92.1 cm³/mol. The molecule has 23 heavy (non-hydrogen) atoms. The zero-order valence-corrected chi connectivity index (χ0v) is 13.9. The van der Waals surface area contributed by atoms with Crippen LogP contribution in [0.3, 0.4) is 0 Å². The lowest BCUT2D eigenvalue weighted by Gasteiger charge is -2.45. The average Bonchev–Trinajstić information content (AvgIpc) is 2.75. The molecule has 2 aromatic rings. The number of carbonyl (C=O) groups is 1. The van der Waals surface area contributed by atoms with Crippen molar-refractivity contribution in [3.05, 3.63) is 70.3 Å². The van der Waals surface area contributed by atoms with Crippen molar-refractivity contribution in [2.45, 2.75) is 31.6 Å². The van der Waals surface area contributed by atoms with Crippen molar-refractivity contribution >= 4 is 11.9 Å². The molecule has 4 rings (SSSR count). The number of carbonyl (C=O) groups excluding carboxylic acids is 1. The van der Waals surface area contributed by atoms with E-state index in [0.29, 0.717) is 0 Å². The fraction of sp³-hybridized carbons (Fsp3) is 0.286. The van der Waals surface area contributed by atoms with Crippen LogP contribution in [0.4, 0.5) is 0 Å². The van der Waals surface area contributed by atoms with Crippen molar-refractivity contribution in [3.8, 4) is 5.75 Å². The van der Waals surface area contributed by atoms with Gasteiger partial charge in [-0.3, -0.25) is 4.79 Å². The number of allylic oxidation sites excluding steroid dienone is 1. The van der Waals surface area contributed by atoms with E-state index in [9.17, 15) is 4.79 Å². The van der Waals surface area contributed by atoms with Gasteiger partial charge in [0, 0.05) is 11.0 Å². The Labute approximate surface area is 136 Å². The van der Waals surface area contributed by atoms with E-state index in [1.165, 1.54) is 5.57 Å². The first-order valence-corrected chi connectivity index (χ1v) is 7.96. The highest BCUT2D eigenvalue weighted by molar-refractivity contribution is 6.12. The third-order valence-electron chi connectivity index (χ3n) is 6.12. The number of hydrogen-bond donors (Lipinski definition) is 0. The summed E-state index contributed by atoms with van der Waals surface area (Å²) in [6.45, 7) is 6.43. The summed E-state index contributed by atoms with van der Waals surface area (Å²) in [7, 11) is 1.64. The van der Waals surface area contributed by atoms with Gasteiger partial charge in [-0.1, -0.05) is 48.9 Å². The average molecular weight is 304 g/mol. The molecule has 0 radical (unpaired) electrons. The van der Waals surface area contributed by atoms with Crippen LogP contribution in [0.25, 0.3) is 6.08 Å². The molecule has 0 unspecified atom stereocenters.